The van der Waals surface area contributed by atoms with E-state index < -0.39 is 0 Å². The van der Waals surface area contributed by atoms with Gasteiger partial charge in [0.05, 0.1) is 18.8 Å². The zero-order chi connectivity index (χ0) is 10.7. The first-order chi connectivity index (χ1) is 7.20. The molecule has 6 heteroatoms. The molecule has 0 saturated carbocycles. The minimum atomic E-state index is -0.351. The maximum atomic E-state index is 11.8. The van der Waals surface area contributed by atoms with Crippen molar-refractivity contribution in [3.05, 3.63) is 0 Å². The fourth-order valence-electron chi connectivity index (χ4n) is 1.88. The molecule has 2 aliphatic heterocycles. The first kappa shape index (κ1) is 13.7. The van der Waals surface area contributed by atoms with Gasteiger partial charge in [0.2, 0.25) is 0 Å². The third kappa shape index (κ3) is 3.31. The number of ether oxygens (including phenoxy) is 2. The van der Waals surface area contributed by atoms with Crippen molar-refractivity contribution in [1.29, 1.82) is 0 Å². The lowest BCUT2D eigenvalue weighted by Crippen LogP contribution is -2.54. The normalized spacial score (nSPS) is 34.2. The summed E-state index contributed by atoms with van der Waals surface area (Å²) < 4.78 is 10.7. The molecule has 2 rings (SSSR count). The second-order valence-electron chi connectivity index (χ2n) is 4.42. The van der Waals surface area contributed by atoms with Crippen molar-refractivity contribution < 1.29 is 14.3 Å². The largest absolute Gasteiger partial charge is 0.379 e. The van der Waals surface area contributed by atoms with Gasteiger partial charge in [-0.2, -0.15) is 0 Å². The summed E-state index contributed by atoms with van der Waals surface area (Å²) in [5, 5.41) is 6.13. The summed E-state index contributed by atoms with van der Waals surface area (Å²) >= 11 is 0. The topological polar surface area (TPSA) is 59.6 Å². The van der Waals surface area contributed by atoms with E-state index in [4.69, 9.17) is 9.47 Å². The number of carbonyl (C=O) groups is 1. The van der Waals surface area contributed by atoms with Crippen LogP contribution in [-0.4, -0.2) is 50.5 Å². The van der Waals surface area contributed by atoms with E-state index in [9.17, 15) is 4.79 Å². The Kier molecular flexibility index (Phi) is 4.98. The molecular weight excluding hydrogens is 232 g/mol. The Morgan fingerprint density at radius 1 is 1.50 bits per heavy atom. The van der Waals surface area contributed by atoms with Gasteiger partial charge in [-0.05, 0) is 13.3 Å². The summed E-state index contributed by atoms with van der Waals surface area (Å²) in [7, 11) is 0. The molecule has 2 aliphatic rings. The van der Waals surface area contributed by atoms with Crippen molar-refractivity contribution in [3.8, 4) is 0 Å². The Morgan fingerprint density at radius 2 is 2.31 bits per heavy atom. The minimum Gasteiger partial charge on any atom is -0.379 e. The summed E-state index contributed by atoms with van der Waals surface area (Å²) in [6, 6.07) is 0. The number of morpholine rings is 1. The Balaban J connectivity index is 0.00000128. The van der Waals surface area contributed by atoms with Crippen LogP contribution < -0.4 is 10.6 Å². The molecule has 2 N–H and O–H groups in total. The molecular formula is C10H19ClN2O3. The van der Waals surface area contributed by atoms with Crippen LogP contribution in [0, 0.1) is 0 Å². The molecule has 16 heavy (non-hydrogen) atoms. The first-order valence-corrected chi connectivity index (χ1v) is 5.42. The van der Waals surface area contributed by atoms with Crippen LogP contribution in [0.15, 0.2) is 0 Å². The van der Waals surface area contributed by atoms with Crippen molar-refractivity contribution in [3.63, 3.8) is 0 Å². The van der Waals surface area contributed by atoms with Crippen molar-refractivity contribution >= 4 is 18.3 Å². The summed E-state index contributed by atoms with van der Waals surface area (Å²) in [6.45, 7) is 5.35. The van der Waals surface area contributed by atoms with E-state index in [1.165, 1.54) is 0 Å². The maximum Gasteiger partial charge on any atom is 0.250 e. The van der Waals surface area contributed by atoms with E-state index in [1.54, 1.807) is 0 Å². The molecule has 2 atom stereocenters. The zero-order valence-corrected chi connectivity index (χ0v) is 10.3. The molecule has 2 fully saturated rings. The van der Waals surface area contributed by atoms with E-state index in [-0.39, 0.29) is 30.0 Å². The van der Waals surface area contributed by atoms with Crippen LogP contribution in [0.25, 0.3) is 0 Å². The van der Waals surface area contributed by atoms with E-state index in [1.807, 2.05) is 6.92 Å². The van der Waals surface area contributed by atoms with E-state index >= 15 is 0 Å². The number of nitrogens with one attached hydrogen (secondary N) is 2. The van der Waals surface area contributed by atoms with Gasteiger partial charge < -0.3 is 20.1 Å². The van der Waals surface area contributed by atoms with Crippen LogP contribution in [0.4, 0.5) is 0 Å². The highest BCUT2D eigenvalue weighted by atomic mass is 35.5. The Hall–Kier alpha value is -0.360. The number of halogens is 1. The van der Waals surface area contributed by atoms with Crippen LogP contribution >= 0.6 is 12.4 Å². The highest BCUT2D eigenvalue weighted by Gasteiger charge is 2.34. The van der Waals surface area contributed by atoms with Gasteiger partial charge in [0.15, 0.2) is 0 Å². The molecule has 0 bridgehead atoms. The molecule has 2 saturated heterocycles. The van der Waals surface area contributed by atoms with Gasteiger partial charge in [-0.1, -0.05) is 0 Å². The third-order valence-corrected chi connectivity index (χ3v) is 2.86. The molecule has 5 nitrogen and oxygen atoms in total. The quantitative estimate of drug-likeness (QED) is 0.706. The van der Waals surface area contributed by atoms with Gasteiger partial charge in [0.1, 0.15) is 6.10 Å². The Morgan fingerprint density at radius 3 is 2.88 bits per heavy atom. The first-order valence-electron chi connectivity index (χ1n) is 5.42. The monoisotopic (exact) mass is 250 g/mol. The van der Waals surface area contributed by atoms with E-state index in [2.05, 4.69) is 10.6 Å². The smallest absolute Gasteiger partial charge is 0.250 e. The molecule has 94 valence electrons. The second-order valence-corrected chi connectivity index (χ2v) is 4.42. The number of hydrogen-bond donors (Lipinski definition) is 2. The van der Waals surface area contributed by atoms with Crippen molar-refractivity contribution in [2.75, 3.05) is 32.9 Å². The van der Waals surface area contributed by atoms with E-state index in [0.717, 1.165) is 19.6 Å². The van der Waals surface area contributed by atoms with Crippen LogP contribution in [0.3, 0.4) is 0 Å². The maximum absolute atomic E-state index is 11.8. The molecule has 1 amide bonds. The van der Waals surface area contributed by atoms with E-state index in [0.29, 0.717) is 19.8 Å². The van der Waals surface area contributed by atoms with Crippen LogP contribution in [0.2, 0.25) is 0 Å². The summed E-state index contributed by atoms with van der Waals surface area (Å²) in [6.07, 6.45) is 0.523. The number of rotatable bonds is 2. The summed E-state index contributed by atoms with van der Waals surface area (Å²) in [5.74, 6) is -0.0322. The summed E-state index contributed by atoms with van der Waals surface area (Å²) in [5.41, 5.74) is -0.210. The molecule has 0 aromatic rings. The third-order valence-electron chi connectivity index (χ3n) is 2.86. The molecule has 0 aliphatic carbocycles. The fourth-order valence-corrected chi connectivity index (χ4v) is 1.88. The van der Waals surface area contributed by atoms with Crippen LogP contribution in [-0.2, 0) is 14.3 Å². The second kappa shape index (κ2) is 5.82. The average molecular weight is 251 g/mol. The van der Waals surface area contributed by atoms with Crippen LogP contribution in [0.1, 0.15) is 13.3 Å². The number of carbonyl (C=O) groups excluding carboxylic acids is 1. The van der Waals surface area contributed by atoms with Crippen molar-refractivity contribution in [2.24, 2.45) is 0 Å². The average Bonchev–Trinajstić information content (AvgIpc) is 2.66. The lowest BCUT2D eigenvalue weighted by Gasteiger charge is -2.28. The Bertz CT molecular complexity index is 238. The number of amides is 1. The van der Waals surface area contributed by atoms with Crippen molar-refractivity contribution in [1.82, 2.24) is 10.6 Å². The zero-order valence-electron chi connectivity index (χ0n) is 9.45. The predicted octanol–water partition coefficient (Wildman–Crippen LogP) is -0.308. The summed E-state index contributed by atoms with van der Waals surface area (Å²) in [4.78, 5) is 11.8. The molecule has 0 aromatic heterocycles. The van der Waals surface area contributed by atoms with Crippen LogP contribution in [0.5, 0.6) is 0 Å². The molecule has 2 heterocycles. The lowest BCUT2D eigenvalue weighted by atomic mass is 10.0. The van der Waals surface area contributed by atoms with Gasteiger partial charge >= 0.3 is 0 Å². The van der Waals surface area contributed by atoms with Crippen molar-refractivity contribution in [2.45, 2.75) is 25.0 Å². The standard InChI is InChI=1S/C10H18N2O3.ClH/c1-10(2-4-14-7-10)12-9(13)8-6-11-3-5-15-8;/h8,11H,2-7H2,1H3,(H,12,13);1H/t8-,10?;/m0./s1. The predicted molar refractivity (Wildman–Crippen MR) is 61.8 cm³/mol. The Labute approximate surface area is 102 Å². The van der Waals surface area contributed by atoms with Gasteiger partial charge in [-0.3, -0.25) is 4.79 Å². The molecule has 1 unspecified atom stereocenters. The lowest BCUT2D eigenvalue weighted by molar-refractivity contribution is -0.136. The van der Waals surface area contributed by atoms with Gasteiger partial charge in [0.25, 0.3) is 5.91 Å². The fraction of sp³-hybridized carbons (Fsp3) is 0.900. The highest BCUT2D eigenvalue weighted by Crippen LogP contribution is 2.17. The molecule has 0 aromatic carbocycles. The number of hydrogen-bond acceptors (Lipinski definition) is 4. The minimum absolute atomic E-state index is 0. The van der Waals surface area contributed by atoms with Gasteiger partial charge in [-0.15, -0.1) is 12.4 Å². The highest BCUT2D eigenvalue weighted by molar-refractivity contribution is 5.85. The van der Waals surface area contributed by atoms with Gasteiger partial charge in [0, 0.05) is 19.7 Å². The molecule has 0 spiro atoms. The van der Waals surface area contributed by atoms with Gasteiger partial charge in [-0.25, -0.2) is 0 Å². The SMILES string of the molecule is CC1(NC(=O)[C@@H]2CNCCO2)CCOC1.Cl. The molecule has 0 radical (unpaired) electrons.